The number of carbonyl (C=O) groups is 2. The average molecular weight is 315 g/mol. The van der Waals surface area contributed by atoms with Crippen molar-refractivity contribution in [1.29, 1.82) is 0 Å². The third kappa shape index (κ3) is 4.54. The van der Waals surface area contributed by atoms with Crippen molar-refractivity contribution >= 4 is 29.5 Å². The van der Waals surface area contributed by atoms with Crippen LogP contribution in [0, 0.1) is 0 Å². The largest absolute Gasteiger partial charge is 0.465 e. The number of esters is 1. The van der Waals surface area contributed by atoms with Crippen molar-refractivity contribution in [3.05, 3.63) is 47.2 Å². The van der Waals surface area contributed by atoms with Crippen LogP contribution >= 0.6 is 0 Å². The van der Waals surface area contributed by atoms with Gasteiger partial charge in [-0.25, -0.2) is 4.79 Å². The molecule has 1 aromatic rings. The minimum absolute atomic E-state index is 0.157. The van der Waals surface area contributed by atoms with E-state index in [4.69, 9.17) is 5.73 Å². The Kier molecular flexibility index (Phi) is 6.73. The summed E-state index contributed by atoms with van der Waals surface area (Å²) in [6, 6.07) is 4.77. The lowest BCUT2D eigenvalue weighted by Crippen LogP contribution is -2.17. The molecule has 0 radical (unpaired) electrons. The van der Waals surface area contributed by atoms with Crippen LogP contribution in [0.15, 0.2) is 46.6 Å². The minimum atomic E-state index is -0.561. The number of rotatable bonds is 5. The SMILES string of the molecule is CC=N/C=C(/C(=O)Nc1cccc(C(=O)OC)c1N)C(C)=CC. The molecule has 0 unspecified atom stereocenters. The summed E-state index contributed by atoms with van der Waals surface area (Å²) in [7, 11) is 1.27. The Morgan fingerprint density at radius 3 is 2.57 bits per heavy atom. The smallest absolute Gasteiger partial charge is 0.340 e. The quantitative estimate of drug-likeness (QED) is 0.287. The molecule has 0 fully saturated rings. The fourth-order valence-corrected chi connectivity index (χ4v) is 1.80. The number of nitrogens with zero attached hydrogens (tertiary/aromatic N) is 1. The Hall–Kier alpha value is -2.89. The number of hydrogen-bond donors (Lipinski definition) is 2. The lowest BCUT2D eigenvalue weighted by molar-refractivity contribution is -0.112. The molecule has 0 aliphatic heterocycles. The van der Waals surface area contributed by atoms with Crippen molar-refractivity contribution in [1.82, 2.24) is 0 Å². The van der Waals surface area contributed by atoms with E-state index in [1.54, 1.807) is 25.3 Å². The van der Waals surface area contributed by atoms with Crippen LogP contribution in [0.5, 0.6) is 0 Å². The van der Waals surface area contributed by atoms with Gasteiger partial charge in [0.2, 0.25) is 0 Å². The third-order valence-electron chi connectivity index (χ3n) is 3.21. The third-order valence-corrected chi connectivity index (χ3v) is 3.21. The number of anilines is 2. The highest BCUT2D eigenvalue weighted by Gasteiger charge is 2.16. The highest BCUT2D eigenvalue weighted by atomic mass is 16.5. The van der Waals surface area contributed by atoms with Crippen molar-refractivity contribution in [3.8, 4) is 0 Å². The van der Waals surface area contributed by atoms with Crippen molar-refractivity contribution < 1.29 is 14.3 Å². The molecule has 0 atom stereocenters. The van der Waals surface area contributed by atoms with Crippen LogP contribution in [0.25, 0.3) is 0 Å². The number of hydrogen-bond acceptors (Lipinski definition) is 5. The van der Waals surface area contributed by atoms with E-state index in [1.807, 2.05) is 19.9 Å². The van der Waals surface area contributed by atoms with E-state index in [0.717, 1.165) is 5.57 Å². The summed E-state index contributed by atoms with van der Waals surface area (Å²) in [4.78, 5) is 28.1. The second-order valence-corrected chi connectivity index (χ2v) is 4.63. The molecule has 0 aliphatic rings. The van der Waals surface area contributed by atoms with Gasteiger partial charge in [0.15, 0.2) is 0 Å². The van der Waals surface area contributed by atoms with Gasteiger partial charge in [0.25, 0.3) is 5.91 Å². The number of para-hydroxylation sites is 1. The second-order valence-electron chi connectivity index (χ2n) is 4.63. The normalized spacial score (nSPS) is 12.3. The molecule has 3 N–H and O–H groups in total. The number of nitrogen functional groups attached to an aromatic ring is 1. The molecule has 1 amide bonds. The minimum Gasteiger partial charge on any atom is -0.465 e. The van der Waals surface area contributed by atoms with Gasteiger partial charge in [0.1, 0.15) is 0 Å². The molecule has 0 saturated heterocycles. The maximum atomic E-state index is 12.5. The number of benzene rings is 1. The molecule has 122 valence electrons. The van der Waals surface area contributed by atoms with Crippen LogP contribution in [0.1, 0.15) is 31.1 Å². The lowest BCUT2D eigenvalue weighted by Gasteiger charge is -2.12. The molecule has 0 aromatic heterocycles. The highest BCUT2D eigenvalue weighted by Crippen LogP contribution is 2.24. The molecule has 6 heteroatoms. The Labute approximate surface area is 135 Å². The summed E-state index contributed by atoms with van der Waals surface area (Å²) in [5.74, 6) is -0.922. The molecule has 0 saturated carbocycles. The van der Waals surface area contributed by atoms with Crippen molar-refractivity contribution in [2.24, 2.45) is 4.99 Å². The maximum absolute atomic E-state index is 12.5. The van der Waals surface area contributed by atoms with Gasteiger partial charge in [-0.05, 0) is 38.5 Å². The fraction of sp³-hybridized carbons (Fsp3) is 0.235. The molecule has 23 heavy (non-hydrogen) atoms. The first-order valence-electron chi connectivity index (χ1n) is 7.05. The Balaban J connectivity index is 3.16. The molecule has 0 bridgehead atoms. The number of carbonyl (C=O) groups excluding carboxylic acids is 2. The Morgan fingerprint density at radius 1 is 1.30 bits per heavy atom. The molecular formula is C17H21N3O3. The molecule has 1 rings (SSSR count). The van der Waals surface area contributed by atoms with E-state index in [-0.39, 0.29) is 17.2 Å². The van der Waals surface area contributed by atoms with E-state index < -0.39 is 5.97 Å². The van der Waals surface area contributed by atoms with Crippen molar-refractivity contribution in [2.45, 2.75) is 20.8 Å². The lowest BCUT2D eigenvalue weighted by atomic mass is 10.1. The predicted molar refractivity (Wildman–Crippen MR) is 92.5 cm³/mol. The first-order valence-corrected chi connectivity index (χ1v) is 7.05. The number of methoxy groups -OCH3 is 1. The van der Waals surface area contributed by atoms with Gasteiger partial charge in [-0.1, -0.05) is 12.1 Å². The van der Waals surface area contributed by atoms with Gasteiger partial charge >= 0.3 is 5.97 Å². The molecule has 1 aromatic carbocycles. The first kappa shape index (κ1) is 18.2. The van der Waals surface area contributed by atoms with E-state index in [2.05, 4.69) is 15.0 Å². The molecule has 0 aliphatic carbocycles. The zero-order chi connectivity index (χ0) is 17.4. The van der Waals surface area contributed by atoms with Gasteiger partial charge in [0.05, 0.1) is 29.6 Å². The number of aliphatic imine (C=N–C) groups is 1. The van der Waals surface area contributed by atoms with Gasteiger partial charge < -0.3 is 15.8 Å². The molecular weight excluding hydrogens is 294 g/mol. The maximum Gasteiger partial charge on any atom is 0.340 e. The summed E-state index contributed by atoms with van der Waals surface area (Å²) in [6.45, 7) is 5.40. The van der Waals surface area contributed by atoms with Gasteiger partial charge in [-0.2, -0.15) is 0 Å². The Morgan fingerprint density at radius 2 is 2.00 bits per heavy atom. The number of amides is 1. The summed E-state index contributed by atoms with van der Waals surface area (Å²) in [5, 5.41) is 2.70. The van der Waals surface area contributed by atoms with Crippen LogP contribution in [0.3, 0.4) is 0 Å². The predicted octanol–water partition coefficient (Wildman–Crippen LogP) is 2.93. The van der Waals surface area contributed by atoms with E-state index >= 15 is 0 Å². The van der Waals surface area contributed by atoms with Gasteiger partial charge in [0, 0.05) is 12.4 Å². The molecule has 0 heterocycles. The molecule has 0 spiro atoms. The van der Waals surface area contributed by atoms with Crippen LogP contribution in [-0.4, -0.2) is 25.2 Å². The van der Waals surface area contributed by atoms with Crippen LogP contribution in [-0.2, 0) is 9.53 Å². The monoisotopic (exact) mass is 315 g/mol. The van der Waals surface area contributed by atoms with Gasteiger partial charge in [-0.15, -0.1) is 0 Å². The zero-order valence-electron chi connectivity index (χ0n) is 13.7. The first-order chi connectivity index (χ1) is 11.0. The number of ether oxygens (including phenoxy) is 1. The van der Waals surface area contributed by atoms with Crippen LogP contribution in [0.4, 0.5) is 11.4 Å². The Bertz CT molecular complexity index is 688. The number of nitrogens with one attached hydrogen (secondary N) is 1. The highest BCUT2D eigenvalue weighted by molar-refractivity contribution is 6.09. The summed E-state index contributed by atoms with van der Waals surface area (Å²) >= 11 is 0. The second kappa shape index (κ2) is 8.53. The molecule has 6 nitrogen and oxygen atoms in total. The van der Waals surface area contributed by atoms with Crippen molar-refractivity contribution in [3.63, 3.8) is 0 Å². The van der Waals surface area contributed by atoms with Crippen molar-refractivity contribution in [2.75, 3.05) is 18.2 Å². The zero-order valence-corrected chi connectivity index (χ0v) is 13.7. The van der Waals surface area contributed by atoms with E-state index in [0.29, 0.717) is 11.3 Å². The van der Waals surface area contributed by atoms with E-state index in [1.165, 1.54) is 19.4 Å². The topological polar surface area (TPSA) is 93.8 Å². The van der Waals surface area contributed by atoms with Crippen LogP contribution < -0.4 is 11.1 Å². The average Bonchev–Trinajstić information content (AvgIpc) is 2.56. The fourth-order valence-electron chi connectivity index (χ4n) is 1.80. The standard InChI is InChI=1S/C17H21N3O3/c1-5-11(3)13(10-19-6-2)16(21)20-14-9-7-8-12(15(14)18)17(22)23-4/h5-10H,18H2,1-4H3,(H,20,21)/b11-5?,13-10+,19-6?. The van der Waals surface area contributed by atoms with Gasteiger partial charge in [-0.3, -0.25) is 9.79 Å². The number of nitrogens with two attached hydrogens (primary N) is 1. The van der Waals surface area contributed by atoms with E-state index in [9.17, 15) is 9.59 Å². The number of allylic oxidation sites excluding steroid dienone is 1. The summed E-state index contributed by atoms with van der Waals surface area (Å²) < 4.78 is 4.66. The summed E-state index contributed by atoms with van der Waals surface area (Å²) in [5.41, 5.74) is 7.82. The summed E-state index contributed by atoms with van der Waals surface area (Å²) in [6.07, 6.45) is 4.87. The van der Waals surface area contributed by atoms with Crippen LogP contribution in [0.2, 0.25) is 0 Å².